The van der Waals surface area contributed by atoms with Crippen LogP contribution in [0.15, 0.2) is 42.6 Å². The maximum atomic E-state index is 6.03. The van der Waals surface area contributed by atoms with Crippen molar-refractivity contribution < 1.29 is 4.74 Å². The van der Waals surface area contributed by atoms with Gasteiger partial charge in [-0.1, -0.05) is 12.1 Å². The number of halogens is 1. The fourth-order valence-corrected chi connectivity index (χ4v) is 2.40. The molecule has 3 rings (SSSR count). The third-order valence-electron chi connectivity index (χ3n) is 3.01. The fourth-order valence-electron chi connectivity index (χ4n) is 2.22. The summed E-state index contributed by atoms with van der Waals surface area (Å²) in [5.74, 6) is 1.87. The largest absolute Gasteiger partial charge is 0.492 e. The molecule has 0 aliphatic heterocycles. The van der Waals surface area contributed by atoms with Crippen LogP contribution in [0, 0.1) is 0 Å². The zero-order valence-corrected chi connectivity index (χ0v) is 11.8. The minimum Gasteiger partial charge on any atom is -0.492 e. The summed E-state index contributed by atoms with van der Waals surface area (Å²) in [6.45, 7) is 2.57. The van der Waals surface area contributed by atoms with Gasteiger partial charge in [-0.05, 0) is 31.2 Å². The normalized spacial score (nSPS) is 10.9. The Kier molecular flexibility index (Phi) is 3.56. The first-order chi connectivity index (χ1) is 9.85. The van der Waals surface area contributed by atoms with Gasteiger partial charge in [0.15, 0.2) is 5.65 Å². The first-order valence-electron chi connectivity index (χ1n) is 6.45. The smallest absolute Gasteiger partial charge is 0.164 e. The van der Waals surface area contributed by atoms with Crippen molar-refractivity contribution in [3.05, 3.63) is 48.4 Å². The quantitative estimate of drug-likeness (QED) is 0.689. The first-order valence-corrected chi connectivity index (χ1v) is 6.99. The van der Waals surface area contributed by atoms with Crippen molar-refractivity contribution in [1.29, 1.82) is 0 Å². The molecule has 1 aromatic carbocycles. The summed E-state index contributed by atoms with van der Waals surface area (Å²) >= 11 is 6.03. The molecule has 0 saturated heterocycles. The lowest BCUT2D eigenvalue weighted by Gasteiger charge is -2.12. The molecule has 0 bridgehead atoms. The van der Waals surface area contributed by atoms with Crippen molar-refractivity contribution in [2.24, 2.45) is 0 Å². The molecule has 20 heavy (non-hydrogen) atoms. The van der Waals surface area contributed by atoms with E-state index in [4.69, 9.17) is 16.3 Å². The Morgan fingerprint density at radius 2 is 2.05 bits per heavy atom. The lowest BCUT2D eigenvalue weighted by atomic mass is 10.3. The zero-order chi connectivity index (χ0) is 13.9. The van der Waals surface area contributed by atoms with Gasteiger partial charge in [0.1, 0.15) is 17.1 Å². The number of alkyl halides is 1. The van der Waals surface area contributed by atoms with E-state index in [2.05, 4.69) is 9.97 Å². The van der Waals surface area contributed by atoms with E-state index in [1.54, 1.807) is 6.20 Å². The molecule has 2 heterocycles. The van der Waals surface area contributed by atoms with Gasteiger partial charge in [0, 0.05) is 6.20 Å². The lowest BCUT2D eigenvalue weighted by Crippen LogP contribution is -2.04. The maximum absolute atomic E-state index is 6.03. The van der Waals surface area contributed by atoms with Gasteiger partial charge in [0.05, 0.1) is 18.2 Å². The number of fused-ring (bicyclic) bond motifs is 1. The highest BCUT2D eigenvalue weighted by molar-refractivity contribution is 6.16. The molecule has 0 radical (unpaired) electrons. The molecular formula is C15H14ClN3O. The van der Waals surface area contributed by atoms with Crippen LogP contribution in [0.1, 0.15) is 12.7 Å². The van der Waals surface area contributed by atoms with Crippen LogP contribution in [0.3, 0.4) is 0 Å². The average Bonchev–Trinajstić information content (AvgIpc) is 2.86. The second-order valence-corrected chi connectivity index (χ2v) is 4.51. The second kappa shape index (κ2) is 5.51. The third-order valence-corrected chi connectivity index (χ3v) is 3.25. The molecule has 2 aromatic heterocycles. The van der Waals surface area contributed by atoms with E-state index in [9.17, 15) is 0 Å². The number of aromatic nitrogens is 3. The van der Waals surface area contributed by atoms with E-state index in [1.165, 1.54) is 0 Å². The molecule has 4 nitrogen and oxygen atoms in total. The summed E-state index contributed by atoms with van der Waals surface area (Å²) in [5, 5.41) is 0. The highest BCUT2D eigenvalue weighted by atomic mass is 35.5. The summed E-state index contributed by atoms with van der Waals surface area (Å²) in [5.41, 5.74) is 2.52. The number of nitrogens with zero attached hydrogens (tertiary/aromatic N) is 3. The molecule has 0 atom stereocenters. The predicted octanol–water partition coefficient (Wildman–Crippen LogP) is 3.56. The second-order valence-electron chi connectivity index (χ2n) is 4.24. The van der Waals surface area contributed by atoms with Crippen molar-refractivity contribution >= 4 is 22.8 Å². The van der Waals surface area contributed by atoms with Gasteiger partial charge >= 0.3 is 0 Å². The monoisotopic (exact) mass is 287 g/mol. The fraction of sp³-hybridized carbons (Fsp3) is 0.200. The molecule has 0 unspecified atom stereocenters. The SMILES string of the molecule is CCOc1ccccc1-n1c(CCl)nc2cccnc21. The van der Waals surface area contributed by atoms with Crippen LogP contribution in [-0.4, -0.2) is 21.1 Å². The number of imidazole rings is 1. The van der Waals surface area contributed by atoms with Gasteiger partial charge < -0.3 is 4.74 Å². The molecule has 5 heteroatoms. The Hall–Kier alpha value is -2.07. The Morgan fingerprint density at radius 3 is 2.85 bits per heavy atom. The number of hydrogen-bond acceptors (Lipinski definition) is 3. The number of hydrogen-bond donors (Lipinski definition) is 0. The van der Waals surface area contributed by atoms with Gasteiger partial charge in [-0.25, -0.2) is 9.97 Å². The Balaban J connectivity index is 2.28. The number of rotatable bonds is 4. The van der Waals surface area contributed by atoms with E-state index < -0.39 is 0 Å². The van der Waals surface area contributed by atoms with Crippen molar-refractivity contribution in [2.75, 3.05) is 6.61 Å². The molecule has 0 aliphatic rings. The van der Waals surface area contributed by atoms with Crippen molar-refractivity contribution in [1.82, 2.24) is 14.5 Å². The zero-order valence-electron chi connectivity index (χ0n) is 11.1. The molecular weight excluding hydrogens is 274 g/mol. The maximum Gasteiger partial charge on any atom is 0.164 e. The van der Waals surface area contributed by atoms with Crippen molar-refractivity contribution in [3.8, 4) is 11.4 Å². The molecule has 0 amide bonds. The van der Waals surface area contributed by atoms with Crippen molar-refractivity contribution in [2.45, 2.75) is 12.8 Å². The highest BCUT2D eigenvalue weighted by Gasteiger charge is 2.15. The van der Waals surface area contributed by atoms with Crippen LogP contribution >= 0.6 is 11.6 Å². The Morgan fingerprint density at radius 1 is 1.20 bits per heavy atom. The Bertz CT molecular complexity index is 739. The molecule has 102 valence electrons. The minimum atomic E-state index is 0.316. The summed E-state index contributed by atoms with van der Waals surface area (Å²) < 4.78 is 7.64. The van der Waals surface area contributed by atoms with E-state index in [-0.39, 0.29) is 0 Å². The van der Waals surface area contributed by atoms with Crippen LogP contribution in [0.5, 0.6) is 5.75 Å². The molecule has 3 aromatic rings. The third kappa shape index (κ3) is 2.12. The summed E-state index contributed by atoms with van der Waals surface area (Å²) in [4.78, 5) is 8.94. The van der Waals surface area contributed by atoms with Crippen LogP contribution in [0.25, 0.3) is 16.9 Å². The van der Waals surface area contributed by atoms with Gasteiger partial charge in [-0.2, -0.15) is 0 Å². The highest BCUT2D eigenvalue weighted by Crippen LogP contribution is 2.28. The number of para-hydroxylation sites is 2. The first kappa shape index (κ1) is 12.9. The van der Waals surface area contributed by atoms with Gasteiger partial charge in [0.25, 0.3) is 0 Å². The van der Waals surface area contributed by atoms with Crippen LogP contribution in [0.4, 0.5) is 0 Å². The van der Waals surface area contributed by atoms with E-state index in [0.29, 0.717) is 12.5 Å². The van der Waals surface area contributed by atoms with E-state index in [0.717, 1.165) is 28.4 Å². The van der Waals surface area contributed by atoms with E-state index in [1.807, 2.05) is 47.9 Å². The van der Waals surface area contributed by atoms with E-state index >= 15 is 0 Å². The predicted molar refractivity (Wildman–Crippen MR) is 79.6 cm³/mol. The van der Waals surface area contributed by atoms with Crippen LogP contribution in [0.2, 0.25) is 0 Å². The van der Waals surface area contributed by atoms with Gasteiger partial charge in [-0.3, -0.25) is 4.57 Å². The summed E-state index contributed by atoms with van der Waals surface area (Å²) in [6, 6.07) is 11.6. The molecule has 0 spiro atoms. The number of pyridine rings is 1. The molecule has 0 N–H and O–H groups in total. The van der Waals surface area contributed by atoms with Crippen LogP contribution < -0.4 is 4.74 Å². The molecule has 0 aliphatic carbocycles. The Labute approximate surface area is 122 Å². The molecule has 0 fully saturated rings. The van der Waals surface area contributed by atoms with Crippen LogP contribution in [-0.2, 0) is 5.88 Å². The molecule has 0 saturated carbocycles. The standard InChI is InChI=1S/C15H14ClN3O/c1-2-20-13-8-4-3-7-12(13)19-14(10-16)18-11-6-5-9-17-15(11)19/h3-9H,2,10H2,1H3. The average molecular weight is 288 g/mol. The number of ether oxygens (including phenoxy) is 1. The van der Waals surface area contributed by atoms with Gasteiger partial charge in [0.2, 0.25) is 0 Å². The minimum absolute atomic E-state index is 0.316. The summed E-state index contributed by atoms with van der Waals surface area (Å²) in [7, 11) is 0. The lowest BCUT2D eigenvalue weighted by molar-refractivity contribution is 0.339. The summed E-state index contributed by atoms with van der Waals surface area (Å²) in [6.07, 6.45) is 1.75. The van der Waals surface area contributed by atoms with Gasteiger partial charge in [-0.15, -0.1) is 11.6 Å². The number of benzene rings is 1. The van der Waals surface area contributed by atoms with Crippen molar-refractivity contribution in [3.63, 3.8) is 0 Å². The topological polar surface area (TPSA) is 39.9 Å².